The van der Waals surface area contributed by atoms with Crippen molar-refractivity contribution in [1.82, 2.24) is 0 Å². The second kappa shape index (κ2) is 16.9. The molecule has 0 spiro atoms. The molecule has 2 nitrogen and oxygen atoms in total. The summed E-state index contributed by atoms with van der Waals surface area (Å²) in [4.78, 5) is 0. The van der Waals surface area contributed by atoms with E-state index < -0.39 is 0 Å². The number of hydrogen-bond acceptors (Lipinski definition) is 2. The summed E-state index contributed by atoms with van der Waals surface area (Å²) in [5.74, 6) is 0. The first kappa shape index (κ1) is 9.99. The molecule has 0 aliphatic carbocycles. The summed E-state index contributed by atoms with van der Waals surface area (Å²) < 4.78 is 6.81. The molecule has 0 aromatic rings. The van der Waals surface area contributed by atoms with Crippen LogP contribution in [0.25, 0.3) is 0 Å². The summed E-state index contributed by atoms with van der Waals surface area (Å²) in [5, 5.41) is 0.910. The lowest BCUT2D eigenvalue weighted by Crippen LogP contribution is -1.97. The predicted octanol–water partition coefficient (Wildman–Crippen LogP) is 0.629. The molecule has 0 aliphatic rings. The zero-order valence-corrected chi connectivity index (χ0v) is 6.37. The van der Waals surface area contributed by atoms with E-state index in [0.29, 0.717) is 0 Å². The SMILES string of the molecule is NCCBr.OBr. The van der Waals surface area contributed by atoms with Crippen LogP contribution in [0.1, 0.15) is 0 Å². The van der Waals surface area contributed by atoms with Crippen LogP contribution in [-0.2, 0) is 0 Å². The van der Waals surface area contributed by atoms with Gasteiger partial charge < -0.3 is 9.93 Å². The highest BCUT2D eigenvalue weighted by Crippen LogP contribution is 1.67. The van der Waals surface area contributed by atoms with Gasteiger partial charge in [-0.1, -0.05) is 15.9 Å². The van der Waals surface area contributed by atoms with Crippen LogP contribution >= 0.6 is 32.2 Å². The summed E-state index contributed by atoms with van der Waals surface area (Å²) in [7, 11) is 0. The van der Waals surface area contributed by atoms with Crippen LogP contribution < -0.4 is 5.73 Å². The van der Waals surface area contributed by atoms with Gasteiger partial charge >= 0.3 is 0 Å². The predicted molar refractivity (Wildman–Crippen MR) is 34.0 cm³/mol. The normalized spacial score (nSPS) is 6.00. The van der Waals surface area contributed by atoms with Crippen LogP contribution in [0.15, 0.2) is 0 Å². The van der Waals surface area contributed by atoms with Gasteiger partial charge in [0, 0.05) is 11.9 Å². The van der Waals surface area contributed by atoms with E-state index in [0.717, 1.165) is 11.9 Å². The Morgan fingerprint density at radius 2 is 1.67 bits per heavy atom. The van der Waals surface area contributed by atoms with Crippen molar-refractivity contribution in [1.29, 1.82) is 0 Å². The Kier molecular flexibility index (Phi) is 28.1. The highest BCUT2D eigenvalue weighted by molar-refractivity contribution is 9.09. The van der Waals surface area contributed by atoms with Crippen molar-refractivity contribution in [3.05, 3.63) is 0 Å². The molecule has 0 amide bonds. The average Bonchev–Trinajstić information content (AvgIpc) is 1.72. The molecular formula is C2H7Br2NO. The van der Waals surface area contributed by atoms with Gasteiger partial charge in [0.1, 0.15) is 0 Å². The Hall–Kier alpha value is 0.880. The van der Waals surface area contributed by atoms with Gasteiger partial charge in [-0.3, -0.25) is 0 Å². The summed E-state index contributed by atoms with van der Waals surface area (Å²) in [5.41, 5.74) is 4.98. The topological polar surface area (TPSA) is 46.2 Å². The molecule has 0 radical (unpaired) electrons. The van der Waals surface area contributed by atoms with Crippen LogP contribution in [0.2, 0.25) is 0 Å². The second-order valence-corrected chi connectivity index (χ2v) is 1.27. The van der Waals surface area contributed by atoms with Gasteiger partial charge in [0.25, 0.3) is 0 Å². The van der Waals surface area contributed by atoms with Gasteiger partial charge in [0.05, 0.1) is 16.3 Å². The first-order valence-corrected chi connectivity index (χ1v) is 3.18. The van der Waals surface area contributed by atoms with Crippen LogP contribution in [0.4, 0.5) is 0 Å². The molecule has 0 bridgehead atoms. The monoisotopic (exact) mass is 219 g/mol. The molecule has 0 saturated carbocycles. The maximum Gasteiger partial charge on any atom is 0.0957 e. The summed E-state index contributed by atoms with van der Waals surface area (Å²) in [6, 6.07) is 0. The van der Waals surface area contributed by atoms with Crippen molar-refractivity contribution in [3.8, 4) is 0 Å². The average molecular weight is 221 g/mol. The van der Waals surface area contributed by atoms with E-state index in [9.17, 15) is 0 Å². The molecule has 3 N–H and O–H groups in total. The van der Waals surface area contributed by atoms with Crippen molar-refractivity contribution in [2.24, 2.45) is 5.73 Å². The molecule has 0 heterocycles. The van der Waals surface area contributed by atoms with Gasteiger partial charge in [-0.2, -0.15) is 0 Å². The number of hydrogen-bond donors (Lipinski definition) is 2. The third-order valence-corrected chi connectivity index (χ3v) is 0.567. The van der Waals surface area contributed by atoms with Gasteiger partial charge in [-0.15, -0.1) is 0 Å². The smallest absolute Gasteiger partial charge is 0.0957 e. The molecule has 0 rings (SSSR count). The standard InChI is InChI=1S/C2H6BrN.BrHO/c3-1-2-4;1-2/h1-2,4H2;2H. The van der Waals surface area contributed by atoms with E-state index in [1.165, 1.54) is 0 Å². The fourth-order valence-corrected chi connectivity index (χ4v) is 0. The van der Waals surface area contributed by atoms with Gasteiger partial charge in [0.15, 0.2) is 0 Å². The Morgan fingerprint density at radius 1 is 1.50 bits per heavy atom. The number of alkyl halides is 1. The van der Waals surface area contributed by atoms with Crippen molar-refractivity contribution < 1.29 is 4.20 Å². The third-order valence-electron chi connectivity index (χ3n) is 0.109. The van der Waals surface area contributed by atoms with Crippen LogP contribution in [0.5, 0.6) is 0 Å². The minimum Gasteiger partial charge on any atom is -0.330 e. The van der Waals surface area contributed by atoms with E-state index in [-0.39, 0.29) is 0 Å². The molecular weight excluding hydrogens is 214 g/mol. The Morgan fingerprint density at radius 3 is 1.67 bits per heavy atom. The molecule has 0 aromatic carbocycles. The third kappa shape index (κ3) is 20.8. The Bertz CT molecular complexity index is 13.5. The summed E-state index contributed by atoms with van der Waals surface area (Å²) in [6.45, 7) is 0.736. The van der Waals surface area contributed by atoms with E-state index in [1.807, 2.05) is 16.3 Å². The molecule has 0 atom stereocenters. The van der Waals surface area contributed by atoms with Crippen LogP contribution in [0, 0.1) is 0 Å². The van der Waals surface area contributed by atoms with E-state index in [1.54, 1.807) is 0 Å². The molecule has 0 saturated heterocycles. The minimum absolute atomic E-state index is 0.736. The van der Waals surface area contributed by atoms with Gasteiger partial charge in [-0.25, -0.2) is 0 Å². The zero-order chi connectivity index (χ0) is 5.41. The maximum absolute atomic E-state index is 6.81. The first-order valence-electron chi connectivity index (χ1n) is 1.34. The molecule has 4 heteroatoms. The van der Waals surface area contributed by atoms with Crippen LogP contribution in [-0.4, -0.2) is 16.1 Å². The minimum atomic E-state index is 0.736. The lowest BCUT2D eigenvalue weighted by molar-refractivity contribution is 0.702. The fourth-order valence-electron chi connectivity index (χ4n) is 0. The van der Waals surface area contributed by atoms with Crippen molar-refractivity contribution in [2.75, 3.05) is 11.9 Å². The van der Waals surface area contributed by atoms with Gasteiger partial charge in [-0.05, 0) is 0 Å². The molecule has 0 aliphatic heterocycles. The van der Waals surface area contributed by atoms with E-state index in [4.69, 9.17) is 9.93 Å². The van der Waals surface area contributed by atoms with E-state index in [2.05, 4.69) is 15.9 Å². The molecule has 0 fully saturated rings. The molecule has 40 valence electrons. The lowest BCUT2D eigenvalue weighted by atomic mass is 10.8. The Balaban J connectivity index is 0. The Labute approximate surface area is 54.3 Å². The van der Waals surface area contributed by atoms with Crippen molar-refractivity contribution in [2.45, 2.75) is 0 Å². The largest absolute Gasteiger partial charge is 0.330 e. The van der Waals surface area contributed by atoms with Crippen molar-refractivity contribution in [3.63, 3.8) is 0 Å². The first-order chi connectivity index (χ1) is 2.91. The summed E-state index contributed by atoms with van der Waals surface area (Å²) in [6.07, 6.45) is 0. The fraction of sp³-hybridized carbons (Fsp3) is 1.00. The number of nitrogens with two attached hydrogens (primary N) is 1. The van der Waals surface area contributed by atoms with Gasteiger partial charge in [0.2, 0.25) is 0 Å². The molecule has 0 aromatic heterocycles. The molecule has 6 heavy (non-hydrogen) atoms. The van der Waals surface area contributed by atoms with E-state index >= 15 is 0 Å². The highest BCUT2D eigenvalue weighted by Gasteiger charge is 1.57. The number of rotatable bonds is 1. The van der Waals surface area contributed by atoms with Crippen molar-refractivity contribution >= 4 is 32.2 Å². The lowest BCUT2D eigenvalue weighted by Gasteiger charge is -1.68. The number of halogens is 2. The second-order valence-electron chi connectivity index (χ2n) is 0.478. The highest BCUT2D eigenvalue weighted by atomic mass is 79.9. The van der Waals surface area contributed by atoms with Crippen LogP contribution in [0.3, 0.4) is 0 Å². The molecule has 0 unspecified atom stereocenters. The maximum atomic E-state index is 6.81. The zero-order valence-electron chi connectivity index (χ0n) is 3.19. The quantitative estimate of drug-likeness (QED) is 0.637. The summed E-state index contributed by atoms with van der Waals surface area (Å²) >= 11 is 5.06.